The Bertz CT molecular complexity index is 594. The van der Waals surface area contributed by atoms with Gasteiger partial charge in [-0.25, -0.2) is 0 Å². The standard InChI is InChI=1S/C20H26N2S/c21-12-14-4-1-2-5-15(14)13-23-9-8-22-20-11-16-10-19(20)18-7-3-6-17(16)18/h1-2,4-5,16-20,22H,3,6-11,13H2. The number of hydrogen-bond donors (Lipinski definition) is 1. The van der Waals surface area contributed by atoms with Crippen LogP contribution in [0.5, 0.6) is 0 Å². The maximum Gasteiger partial charge on any atom is 0.0994 e. The second-order valence-corrected chi connectivity index (χ2v) is 8.64. The molecule has 0 saturated heterocycles. The van der Waals surface area contributed by atoms with Gasteiger partial charge in [-0.3, -0.25) is 0 Å². The Kier molecular flexibility index (Phi) is 4.64. The Hall–Kier alpha value is -0.980. The Labute approximate surface area is 144 Å². The van der Waals surface area contributed by atoms with Crippen LogP contribution in [-0.2, 0) is 5.75 Å². The molecule has 0 spiro atoms. The lowest BCUT2D eigenvalue weighted by Crippen LogP contribution is -2.40. The van der Waals surface area contributed by atoms with E-state index in [0.29, 0.717) is 0 Å². The molecule has 2 bridgehead atoms. The summed E-state index contributed by atoms with van der Waals surface area (Å²) in [4.78, 5) is 0. The predicted molar refractivity (Wildman–Crippen MR) is 96.2 cm³/mol. The van der Waals surface area contributed by atoms with Gasteiger partial charge in [0, 0.05) is 24.1 Å². The Morgan fingerprint density at radius 3 is 2.91 bits per heavy atom. The molecule has 1 N–H and O–H groups in total. The van der Waals surface area contributed by atoms with Crippen molar-refractivity contribution in [3.8, 4) is 6.07 Å². The molecule has 0 heterocycles. The van der Waals surface area contributed by atoms with Crippen molar-refractivity contribution >= 4 is 11.8 Å². The molecule has 2 nitrogen and oxygen atoms in total. The van der Waals surface area contributed by atoms with Gasteiger partial charge >= 0.3 is 0 Å². The minimum Gasteiger partial charge on any atom is -0.313 e. The van der Waals surface area contributed by atoms with Crippen LogP contribution in [0.1, 0.15) is 43.2 Å². The lowest BCUT2D eigenvalue weighted by molar-refractivity contribution is 0.211. The van der Waals surface area contributed by atoms with Crippen molar-refractivity contribution in [3.63, 3.8) is 0 Å². The lowest BCUT2D eigenvalue weighted by atomic mass is 9.79. The smallest absolute Gasteiger partial charge is 0.0994 e. The number of nitriles is 1. The highest BCUT2D eigenvalue weighted by molar-refractivity contribution is 7.98. The van der Waals surface area contributed by atoms with E-state index in [4.69, 9.17) is 5.26 Å². The van der Waals surface area contributed by atoms with E-state index in [1.807, 2.05) is 30.0 Å². The van der Waals surface area contributed by atoms with Gasteiger partial charge in [0.15, 0.2) is 0 Å². The van der Waals surface area contributed by atoms with Crippen LogP contribution < -0.4 is 5.32 Å². The third-order valence-electron chi connectivity index (χ3n) is 6.48. The molecule has 0 radical (unpaired) electrons. The predicted octanol–water partition coefficient (Wildman–Crippen LogP) is 4.21. The summed E-state index contributed by atoms with van der Waals surface area (Å²) < 4.78 is 0. The van der Waals surface area contributed by atoms with Crippen LogP contribution in [0.25, 0.3) is 0 Å². The molecule has 5 atom stereocenters. The number of hydrogen-bond acceptors (Lipinski definition) is 3. The van der Waals surface area contributed by atoms with Crippen molar-refractivity contribution in [2.45, 2.75) is 43.9 Å². The van der Waals surface area contributed by atoms with E-state index in [2.05, 4.69) is 17.5 Å². The molecule has 0 aliphatic heterocycles. The quantitative estimate of drug-likeness (QED) is 0.796. The number of rotatable bonds is 6. The van der Waals surface area contributed by atoms with Gasteiger partial charge in [0.1, 0.15) is 0 Å². The first kappa shape index (κ1) is 15.5. The van der Waals surface area contributed by atoms with Crippen LogP contribution in [0.2, 0.25) is 0 Å². The van der Waals surface area contributed by atoms with Crippen LogP contribution in [0.4, 0.5) is 0 Å². The largest absolute Gasteiger partial charge is 0.313 e. The van der Waals surface area contributed by atoms with E-state index in [1.54, 1.807) is 0 Å². The van der Waals surface area contributed by atoms with Crippen molar-refractivity contribution < 1.29 is 0 Å². The van der Waals surface area contributed by atoms with E-state index >= 15 is 0 Å². The van der Waals surface area contributed by atoms with Crippen molar-refractivity contribution in [1.29, 1.82) is 5.26 Å². The molecule has 3 aliphatic carbocycles. The summed E-state index contributed by atoms with van der Waals surface area (Å²) in [5, 5.41) is 13.0. The zero-order chi connectivity index (χ0) is 15.6. The fourth-order valence-electron chi connectivity index (χ4n) is 5.56. The molecule has 0 aromatic heterocycles. The van der Waals surface area contributed by atoms with Crippen LogP contribution in [0.3, 0.4) is 0 Å². The third kappa shape index (κ3) is 3.04. The number of thioether (sulfide) groups is 1. The van der Waals surface area contributed by atoms with E-state index in [-0.39, 0.29) is 0 Å². The molecule has 4 rings (SSSR count). The topological polar surface area (TPSA) is 35.8 Å². The normalized spacial score (nSPS) is 34.5. The zero-order valence-electron chi connectivity index (χ0n) is 13.7. The fourth-order valence-corrected chi connectivity index (χ4v) is 6.43. The summed E-state index contributed by atoms with van der Waals surface area (Å²) in [6, 6.07) is 11.1. The van der Waals surface area contributed by atoms with E-state index in [0.717, 1.165) is 53.3 Å². The molecular weight excluding hydrogens is 300 g/mol. The van der Waals surface area contributed by atoms with Crippen molar-refractivity contribution in [3.05, 3.63) is 35.4 Å². The molecule has 3 heteroatoms. The number of nitrogens with one attached hydrogen (secondary N) is 1. The monoisotopic (exact) mass is 326 g/mol. The molecule has 122 valence electrons. The first-order chi connectivity index (χ1) is 11.4. The number of fused-ring (bicyclic) bond motifs is 5. The average molecular weight is 327 g/mol. The van der Waals surface area contributed by atoms with Crippen LogP contribution in [-0.4, -0.2) is 18.3 Å². The van der Waals surface area contributed by atoms with Gasteiger partial charge < -0.3 is 5.32 Å². The van der Waals surface area contributed by atoms with Crippen LogP contribution in [0.15, 0.2) is 24.3 Å². The number of nitrogens with zero attached hydrogens (tertiary/aromatic N) is 1. The van der Waals surface area contributed by atoms with Gasteiger partial charge in [-0.05, 0) is 61.0 Å². The average Bonchev–Trinajstić information content (AvgIpc) is 3.27. The summed E-state index contributed by atoms with van der Waals surface area (Å²) in [7, 11) is 0. The maximum absolute atomic E-state index is 9.13. The Morgan fingerprint density at radius 1 is 1.13 bits per heavy atom. The molecule has 1 aromatic rings. The first-order valence-corrected chi connectivity index (χ1v) is 10.3. The molecule has 3 fully saturated rings. The van der Waals surface area contributed by atoms with Gasteiger partial charge in [0.05, 0.1) is 11.6 Å². The Morgan fingerprint density at radius 2 is 2.00 bits per heavy atom. The highest BCUT2D eigenvalue weighted by atomic mass is 32.2. The summed E-state index contributed by atoms with van der Waals surface area (Å²) in [6.07, 6.45) is 7.46. The van der Waals surface area contributed by atoms with E-state index < -0.39 is 0 Å². The SMILES string of the molecule is N#Cc1ccccc1CSCCNC1CC2CC1C1CCCC21. The molecule has 5 unspecified atom stereocenters. The highest BCUT2D eigenvalue weighted by Gasteiger charge is 2.53. The van der Waals surface area contributed by atoms with Gasteiger partial charge in [-0.2, -0.15) is 17.0 Å². The van der Waals surface area contributed by atoms with Crippen LogP contribution in [0, 0.1) is 35.0 Å². The summed E-state index contributed by atoms with van der Waals surface area (Å²) >= 11 is 1.95. The zero-order valence-corrected chi connectivity index (χ0v) is 14.5. The highest BCUT2D eigenvalue weighted by Crippen LogP contribution is 2.58. The second-order valence-electron chi connectivity index (χ2n) is 7.54. The summed E-state index contributed by atoms with van der Waals surface area (Å²) in [5.41, 5.74) is 2.00. The first-order valence-electron chi connectivity index (χ1n) is 9.16. The summed E-state index contributed by atoms with van der Waals surface area (Å²) in [6.45, 7) is 1.12. The van der Waals surface area contributed by atoms with Crippen molar-refractivity contribution in [2.24, 2.45) is 23.7 Å². The maximum atomic E-state index is 9.13. The van der Waals surface area contributed by atoms with E-state index in [9.17, 15) is 0 Å². The minimum absolute atomic E-state index is 0.798. The Balaban J connectivity index is 1.19. The van der Waals surface area contributed by atoms with Gasteiger partial charge in [0.2, 0.25) is 0 Å². The molecule has 23 heavy (non-hydrogen) atoms. The summed E-state index contributed by atoms with van der Waals surface area (Å²) in [5.74, 6) is 6.27. The number of benzene rings is 1. The fraction of sp³-hybridized carbons (Fsp3) is 0.650. The second kappa shape index (κ2) is 6.87. The molecule has 3 saturated carbocycles. The lowest BCUT2D eigenvalue weighted by Gasteiger charge is -2.32. The minimum atomic E-state index is 0.798. The van der Waals surface area contributed by atoms with Gasteiger partial charge in [0.25, 0.3) is 0 Å². The van der Waals surface area contributed by atoms with Crippen LogP contribution >= 0.6 is 11.8 Å². The molecule has 0 amide bonds. The van der Waals surface area contributed by atoms with Gasteiger partial charge in [-0.1, -0.05) is 24.6 Å². The van der Waals surface area contributed by atoms with Crippen molar-refractivity contribution in [1.82, 2.24) is 5.32 Å². The van der Waals surface area contributed by atoms with E-state index in [1.165, 1.54) is 37.7 Å². The van der Waals surface area contributed by atoms with Crippen molar-refractivity contribution in [2.75, 3.05) is 12.3 Å². The molecular formula is C20H26N2S. The molecule has 3 aliphatic rings. The van der Waals surface area contributed by atoms with Gasteiger partial charge in [-0.15, -0.1) is 0 Å². The molecule has 1 aromatic carbocycles. The third-order valence-corrected chi connectivity index (χ3v) is 7.48.